The Morgan fingerprint density at radius 3 is 2.52 bits per heavy atom. The van der Waals surface area contributed by atoms with Crippen molar-refractivity contribution in [1.29, 1.82) is 0 Å². The van der Waals surface area contributed by atoms with Crippen molar-refractivity contribution in [2.45, 2.75) is 0 Å². The maximum Gasteiger partial charge on any atom is 0.212 e. The minimum absolute atomic E-state index is 0.107. The molecule has 0 aliphatic rings. The minimum Gasteiger partial charge on any atom is -0.504 e. The first-order chi connectivity index (χ1) is 10.1. The van der Waals surface area contributed by atoms with Gasteiger partial charge in [-0.05, 0) is 29.3 Å². The van der Waals surface area contributed by atoms with E-state index >= 15 is 0 Å². The largest absolute Gasteiger partial charge is 0.504 e. The molecule has 104 valence electrons. The number of para-hydroxylation sites is 1. The summed E-state index contributed by atoms with van der Waals surface area (Å²) in [4.78, 5) is 0. The van der Waals surface area contributed by atoms with Crippen LogP contribution in [0.5, 0.6) is 11.5 Å². The Balaban J connectivity index is 2.03. The highest BCUT2D eigenvalue weighted by molar-refractivity contribution is 5.88. The van der Waals surface area contributed by atoms with Crippen LogP contribution in [0.2, 0.25) is 0 Å². The third kappa shape index (κ3) is 2.58. The van der Waals surface area contributed by atoms with Gasteiger partial charge in [0.1, 0.15) is 7.05 Å². The van der Waals surface area contributed by atoms with Crippen LogP contribution in [0, 0.1) is 0 Å². The number of fused-ring (bicyclic) bond motifs is 1. The van der Waals surface area contributed by atoms with Gasteiger partial charge in [0.25, 0.3) is 0 Å². The molecule has 0 amide bonds. The second-order valence-corrected chi connectivity index (χ2v) is 4.98. The smallest absolute Gasteiger partial charge is 0.212 e. The van der Waals surface area contributed by atoms with Crippen molar-refractivity contribution in [2.75, 3.05) is 0 Å². The van der Waals surface area contributed by atoms with Crippen molar-refractivity contribution in [1.82, 2.24) is 0 Å². The van der Waals surface area contributed by atoms with E-state index in [1.807, 2.05) is 37.5 Å². The quantitative estimate of drug-likeness (QED) is 0.558. The van der Waals surface area contributed by atoms with E-state index in [1.54, 1.807) is 6.07 Å². The summed E-state index contributed by atoms with van der Waals surface area (Å²) in [6.45, 7) is 0. The summed E-state index contributed by atoms with van der Waals surface area (Å²) in [5.41, 5.74) is 3.10. The van der Waals surface area contributed by atoms with Crippen LogP contribution in [-0.2, 0) is 7.05 Å². The molecule has 3 aromatic rings. The van der Waals surface area contributed by atoms with E-state index in [1.165, 1.54) is 17.5 Å². The SMILES string of the molecule is C[n+]1ccc(/C=C/c2ccc(O)c(O)c2)c2ccccc21. The van der Waals surface area contributed by atoms with Crippen molar-refractivity contribution in [3.8, 4) is 11.5 Å². The summed E-state index contributed by atoms with van der Waals surface area (Å²) < 4.78 is 2.08. The zero-order valence-electron chi connectivity index (χ0n) is 11.7. The van der Waals surface area contributed by atoms with Gasteiger partial charge in [-0.3, -0.25) is 0 Å². The summed E-state index contributed by atoms with van der Waals surface area (Å²) in [6, 6.07) is 15.0. The number of aromatic nitrogens is 1. The molecule has 2 aromatic carbocycles. The third-order valence-corrected chi connectivity index (χ3v) is 3.53. The number of phenols is 2. The molecule has 0 saturated carbocycles. The highest BCUT2D eigenvalue weighted by Crippen LogP contribution is 2.26. The van der Waals surface area contributed by atoms with Crippen LogP contribution in [0.3, 0.4) is 0 Å². The number of hydrogen-bond acceptors (Lipinski definition) is 2. The molecule has 0 bridgehead atoms. The van der Waals surface area contributed by atoms with E-state index in [0.29, 0.717) is 0 Å². The van der Waals surface area contributed by atoms with Gasteiger partial charge in [-0.25, -0.2) is 4.57 Å². The monoisotopic (exact) mass is 278 g/mol. The number of nitrogens with zero attached hydrogens (tertiary/aromatic N) is 1. The number of pyridine rings is 1. The minimum atomic E-state index is -0.110. The van der Waals surface area contributed by atoms with Gasteiger partial charge in [0.15, 0.2) is 17.7 Å². The van der Waals surface area contributed by atoms with Gasteiger partial charge >= 0.3 is 0 Å². The number of hydrogen-bond donors (Lipinski definition) is 2. The van der Waals surface area contributed by atoms with Gasteiger partial charge in [0.2, 0.25) is 5.52 Å². The average Bonchev–Trinajstić information content (AvgIpc) is 2.50. The third-order valence-electron chi connectivity index (χ3n) is 3.53. The number of phenolic OH excluding ortho intramolecular Hbond substituents is 2. The fraction of sp³-hybridized carbons (Fsp3) is 0.0556. The van der Waals surface area contributed by atoms with Crippen LogP contribution in [0.4, 0.5) is 0 Å². The molecule has 3 heteroatoms. The maximum atomic E-state index is 9.52. The Bertz CT molecular complexity index is 838. The van der Waals surface area contributed by atoms with Gasteiger partial charge in [-0.1, -0.05) is 30.4 Å². The molecule has 0 fully saturated rings. The number of aromatic hydroxyl groups is 2. The molecule has 0 radical (unpaired) electrons. The predicted molar refractivity (Wildman–Crippen MR) is 83.8 cm³/mol. The zero-order chi connectivity index (χ0) is 14.8. The molecule has 3 nitrogen and oxygen atoms in total. The van der Waals surface area contributed by atoms with E-state index in [0.717, 1.165) is 16.6 Å². The van der Waals surface area contributed by atoms with Crippen LogP contribution in [0.1, 0.15) is 11.1 Å². The van der Waals surface area contributed by atoms with Crippen molar-refractivity contribution in [2.24, 2.45) is 7.05 Å². The molecule has 0 atom stereocenters. The van der Waals surface area contributed by atoms with E-state index < -0.39 is 0 Å². The molecule has 1 aromatic heterocycles. The first-order valence-corrected chi connectivity index (χ1v) is 6.72. The van der Waals surface area contributed by atoms with Crippen molar-refractivity contribution in [3.63, 3.8) is 0 Å². The standard InChI is InChI=1S/C18H15NO2/c1-19-11-10-14(15-4-2-3-5-16(15)19)8-6-13-7-9-17(20)18(21)12-13/h2-12,21H,1H3/p+1. The van der Waals surface area contributed by atoms with Crippen LogP contribution >= 0.6 is 0 Å². The zero-order valence-corrected chi connectivity index (χ0v) is 11.7. The Morgan fingerprint density at radius 1 is 0.905 bits per heavy atom. The predicted octanol–water partition coefficient (Wildman–Crippen LogP) is 3.25. The van der Waals surface area contributed by atoms with Gasteiger partial charge in [0.05, 0.1) is 5.39 Å². The summed E-state index contributed by atoms with van der Waals surface area (Å²) >= 11 is 0. The molecular weight excluding hydrogens is 262 g/mol. The molecule has 21 heavy (non-hydrogen) atoms. The van der Waals surface area contributed by atoms with Crippen molar-refractivity contribution >= 4 is 23.1 Å². The molecular formula is C18H16NO2+. The van der Waals surface area contributed by atoms with Crippen LogP contribution in [0.15, 0.2) is 54.7 Å². The van der Waals surface area contributed by atoms with E-state index in [9.17, 15) is 10.2 Å². The highest BCUT2D eigenvalue weighted by atomic mass is 16.3. The lowest BCUT2D eigenvalue weighted by molar-refractivity contribution is -0.644. The van der Waals surface area contributed by atoms with Crippen molar-refractivity contribution < 1.29 is 14.8 Å². The number of aryl methyl sites for hydroxylation is 1. The summed E-state index contributed by atoms with van der Waals surface area (Å²) in [5, 5.41) is 20.0. The molecule has 0 saturated heterocycles. The summed E-state index contributed by atoms with van der Waals surface area (Å²) in [7, 11) is 2.02. The topological polar surface area (TPSA) is 44.3 Å². The first kappa shape index (κ1) is 13.2. The van der Waals surface area contributed by atoms with E-state index in [2.05, 4.69) is 22.8 Å². The molecule has 0 aliphatic heterocycles. The normalized spacial score (nSPS) is 11.3. The Morgan fingerprint density at radius 2 is 1.71 bits per heavy atom. The van der Waals surface area contributed by atoms with Crippen molar-refractivity contribution in [3.05, 3.63) is 65.9 Å². The Labute approximate surface area is 123 Å². The lowest BCUT2D eigenvalue weighted by Gasteiger charge is -2.01. The molecule has 2 N–H and O–H groups in total. The second-order valence-electron chi connectivity index (χ2n) is 4.98. The van der Waals surface area contributed by atoms with Gasteiger partial charge < -0.3 is 10.2 Å². The Hall–Kier alpha value is -2.81. The van der Waals surface area contributed by atoms with Crippen LogP contribution < -0.4 is 4.57 Å². The van der Waals surface area contributed by atoms with Gasteiger partial charge in [0, 0.05) is 12.1 Å². The Kier molecular flexibility index (Phi) is 3.32. The lowest BCUT2D eigenvalue weighted by atomic mass is 10.1. The summed E-state index contributed by atoms with van der Waals surface area (Å²) in [5.74, 6) is -0.217. The second kappa shape index (κ2) is 5.29. The molecule has 1 heterocycles. The van der Waals surface area contributed by atoms with E-state index in [-0.39, 0.29) is 11.5 Å². The number of rotatable bonds is 2. The number of benzene rings is 2. The van der Waals surface area contributed by atoms with E-state index in [4.69, 9.17) is 0 Å². The molecule has 0 unspecified atom stereocenters. The average molecular weight is 278 g/mol. The highest BCUT2D eigenvalue weighted by Gasteiger charge is 2.06. The van der Waals surface area contributed by atoms with Gasteiger partial charge in [-0.15, -0.1) is 0 Å². The first-order valence-electron chi connectivity index (χ1n) is 6.72. The van der Waals surface area contributed by atoms with Crippen LogP contribution in [0.25, 0.3) is 23.1 Å². The fourth-order valence-corrected chi connectivity index (χ4v) is 2.36. The fourth-order valence-electron chi connectivity index (χ4n) is 2.36. The molecule has 3 rings (SSSR count). The summed E-state index contributed by atoms with van der Waals surface area (Å²) in [6.07, 6.45) is 5.95. The maximum absolute atomic E-state index is 9.52. The van der Waals surface area contributed by atoms with Gasteiger partial charge in [-0.2, -0.15) is 0 Å². The molecule has 0 aliphatic carbocycles. The lowest BCUT2D eigenvalue weighted by Crippen LogP contribution is -2.28. The van der Waals surface area contributed by atoms with Crippen LogP contribution in [-0.4, -0.2) is 10.2 Å². The molecule has 0 spiro atoms.